The van der Waals surface area contributed by atoms with Crippen molar-refractivity contribution in [2.24, 2.45) is 5.92 Å². The van der Waals surface area contributed by atoms with Crippen molar-refractivity contribution in [1.82, 2.24) is 0 Å². The molecule has 0 aliphatic heterocycles. The predicted molar refractivity (Wildman–Crippen MR) is 38.4 cm³/mol. The normalized spacial score (nSPS) is 26.8. The molecule has 2 atom stereocenters. The summed E-state index contributed by atoms with van der Waals surface area (Å²) in [6.07, 6.45) is 7.02. The summed E-state index contributed by atoms with van der Waals surface area (Å²) in [5.74, 6) is -0.116. The molecule has 0 radical (unpaired) electrons. The molecule has 1 N–H and O–H groups in total. The summed E-state index contributed by atoms with van der Waals surface area (Å²) in [5, 5.41) is 8.45. The molecule has 0 fully saturated rings. The zero-order valence-electron chi connectivity index (χ0n) is 5.70. The van der Waals surface area contributed by atoms with Gasteiger partial charge in [-0.25, -0.2) is 4.39 Å². The second-order valence-electron chi connectivity index (χ2n) is 2.41. The van der Waals surface area contributed by atoms with Crippen LogP contribution >= 0.6 is 0 Å². The van der Waals surface area contributed by atoms with Crippen molar-refractivity contribution in [1.29, 1.82) is 0 Å². The molecule has 56 valence electrons. The van der Waals surface area contributed by atoms with Gasteiger partial charge < -0.3 is 5.11 Å². The predicted octanol–water partition coefficient (Wildman–Crippen LogP) is 1.45. The van der Waals surface area contributed by atoms with Gasteiger partial charge in [0.15, 0.2) is 0 Å². The number of alkyl halides is 1. The summed E-state index contributed by atoms with van der Waals surface area (Å²) < 4.78 is 12.7. The molecule has 0 aromatic heterocycles. The van der Waals surface area contributed by atoms with E-state index in [9.17, 15) is 4.39 Å². The minimum absolute atomic E-state index is 0.116. The molecule has 0 bridgehead atoms. The second kappa shape index (κ2) is 3.52. The van der Waals surface area contributed by atoms with Gasteiger partial charge in [-0.15, -0.1) is 0 Å². The lowest BCUT2D eigenvalue weighted by Gasteiger charge is -2.15. The van der Waals surface area contributed by atoms with E-state index in [1.54, 1.807) is 6.08 Å². The minimum atomic E-state index is -1.10. The summed E-state index contributed by atoms with van der Waals surface area (Å²) in [4.78, 5) is 0. The van der Waals surface area contributed by atoms with Crippen molar-refractivity contribution in [2.45, 2.75) is 12.6 Å². The number of hydrogen-bond acceptors (Lipinski definition) is 1. The Morgan fingerprint density at radius 1 is 1.60 bits per heavy atom. The first-order valence-corrected chi connectivity index (χ1v) is 3.43. The first-order chi connectivity index (χ1) is 4.84. The molecule has 2 heteroatoms. The Morgan fingerprint density at radius 3 is 2.90 bits per heavy atom. The zero-order valence-corrected chi connectivity index (χ0v) is 5.70. The number of aliphatic hydroxyl groups is 1. The third kappa shape index (κ3) is 1.67. The highest BCUT2D eigenvalue weighted by molar-refractivity contribution is 5.11. The third-order valence-corrected chi connectivity index (χ3v) is 1.65. The molecule has 0 saturated carbocycles. The Morgan fingerprint density at radius 2 is 2.40 bits per heavy atom. The van der Waals surface area contributed by atoms with Gasteiger partial charge in [-0.3, -0.25) is 0 Å². The second-order valence-corrected chi connectivity index (χ2v) is 2.41. The van der Waals surface area contributed by atoms with Crippen LogP contribution in [0.4, 0.5) is 4.39 Å². The van der Waals surface area contributed by atoms with Crippen LogP contribution in [0, 0.1) is 5.92 Å². The number of aliphatic hydroxyl groups excluding tert-OH is 1. The van der Waals surface area contributed by atoms with Crippen LogP contribution in [0.1, 0.15) is 6.42 Å². The van der Waals surface area contributed by atoms with E-state index >= 15 is 0 Å². The Hall–Kier alpha value is -0.630. The number of hydrogen-bond donors (Lipinski definition) is 1. The molecule has 2 unspecified atom stereocenters. The van der Waals surface area contributed by atoms with Gasteiger partial charge in [0.05, 0.1) is 6.61 Å². The van der Waals surface area contributed by atoms with Crippen LogP contribution in [-0.4, -0.2) is 17.9 Å². The highest BCUT2D eigenvalue weighted by Crippen LogP contribution is 2.17. The zero-order chi connectivity index (χ0) is 7.40. The Labute approximate surface area is 59.9 Å². The number of halogens is 1. The van der Waals surface area contributed by atoms with Gasteiger partial charge in [0, 0.05) is 5.92 Å². The van der Waals surface area contributed by atoms with E-state index < -0.39 is 6.17 Å². The first kappa shape index (κ1) is 7.48. The van der Waals surface area contributed by atoms with Crippen LogP contribution < -0.4 is 0 Å². The van der Waals surface area contributed by atoms with Gasteiger partial charge in [0.25, 0.3) is 0 Å². The molecule has 1 nitrogen and oxygen atoms in total. The molecule has 0 spiro atoms. The van der Waals surface area contributed by atoms with Gasteiger partial charge in [-0.1, -0.05) is 24.3 Å². The van der Waals surface area contributed by atoms with Crippen molar-refractivity contribution < 1.29 is 9.50 Å². The van der Waals surface area contributed by atoms with Gasteiger partial charge >= 0.3 is 0 Å². The molecule has 1 rings (SSSR count). The Kier molecular flexibility index (Phi) is 2.63. The third-order valence-electron chi connectivity index (χ3n) is 1.65. The SMILES string of the molecule is OCC(F)C1C=CC=CC1. The summed E-state index contributed by atoms with van der Waals surface area (Å²) in [7, 11) is 0. The lowest BCUT2D eigenvalue weighted by molar-refractivity contribution is 0.144. The smallest absolute Gasteiger partial charge is 0.130 e. The van der Waals surface area contributed by atoms with Crippen molar-refractivity contribution in [3.05, 3.63) is 24.3 Å². The Balaban J connectivity index is 2.42. The van der Waals surface area contributed by atoms with Crippen molar-refractivity contribution in [3.8, 4) is 0 Å². The first-order valence-electron chi connectivity index (χ1n) is 3.43. The summed E-state index contributed by atoms with van der Waals surface area (Å²) in [6.45, 7) is -0.372. The fourth-order valence-electron chi connectivity index (χ4n) is 1.00. The van der Waals surface area contributed by atoms with Gasteiger partial charge in [-0.2, -0.15) is 0 Å². The van der Waals surface area contributed by atoms with Crippen LogP contribution in [0.5, 0.6) is 0 Å². The molecular weight excluding hydrogens is 131 g/mol. The topological polar surface area (TPSA) is 20.2 Å². The summed E-state index contributed by atoms with van der Waals surface area (Å²) >= 11 is 0. The van der Waals surface area contributed by atoms with E-state index in [0.717, 1.165) is 0 Å². The standard InChI is InChI=1S/C8H11FO/c9-8(6-10)7-4-2-1-3-5-7/h1-4,7-8,10H,5-6H2. The van der Waals surface area contributed by atoms with Crippen LogP contribution in [0.2, 0.25) is 0 Å². The molecule has 0 aromatic rings. The fourth-order valence-corrected chi connectivity index (χ4v) is 1.00. The average molecular weight is 142 g/mol. The van der Waals surface area contributed by atoms with Crippen LogP contribution in [0.25, 0.3) is 0 Å². The van der Waals surface area contributed by atoms with E-state index in [-0.39, 0.29) is 12.5 Å². The molecule has 0 aromatic carbocycles. The maximum Gasteiger partial charge on any atom is 0.130 e. The number of allylic oxidation sites excluding steroid dienone is 4. The van der Waals surface area contributed by atoms with E-state index in [1.165, 1.54) is 0 Å². The van der Waals surface area contributed by atoms with Crippen LogP contribution in [-0.2, 0) is 0 Å². The molecule has 0 amide bonds. The highest BCUT2D eigenvalue weighted by atomic mass is 19.1. The molecule has 1 aliphatic carbocycles. The van der Waals surface area contributed by atoms with Crippen molar-refractivity contribution in [2.75, 3.05) is 6.61 Å². The van der Waals surface area contributed by atoms with E-state index in [4.69, 9.17) is 5.11 Å². The van der Waals surface area contributed by atoms with Crippen LogP contribution in [0.15, 0.2) is 24.3 Å². The van der Waals surface area contributed by atoms with Gasteiger partial charge in [0.2, 0.25) is 0 Å². The Bertz CT molecular complexity index is 151. The summed E-state index contributed by atoms with van der Waals surface area (Å²) in [5.41, 5.74) is 0. The maximum absolute atomic E-state index is 12.7. The quantitative estimate of drug-likeness (QED) is 0.618. The van der Waals surface area contributed by atoms with E-state index in [2.05, 4.69) is 0 Å². The highest BCUT2D eigenvalue weighted by Gasteiger charge is 2.16. The van der Waals surface area contributed by atoms with Gasteiger partial charge in [-0.05, 0) is 6.42 Å². The fraction of sp³-hybridized carbons (Fsp3) is 0.500. The maximum atomic E-state index is 12.7. The van der Waals surface area contributed by atoms with Crippen molar-refractivity contribution in [3.63, 3.8) is 0 Å². The molecular formula is C8H11FO. The van der Waals surface area contributed by atoms with E-state index in [1.807, 2.05) is 18.2 Å². The van der Waals surface area contributed by atoms with Crippen molar-refractivity contribution >= 4 is 0 Å². The number of rotatable bonds is 2. The molecule has 1 aliphatic rings. The monoisotopic (exact) mass is 142 g/mol. The average Bonchev–Trinajstić information content (AvgIpc) is 2.05. The largest absolute Gasteiger partial charge is 0.393 e. The summed E-state index contributed by atoms with van der Waals surface area (Å²) in [6, 6.07) is 0. The van der Waals surface area contributed by atoms with E-state index in [0.29, 0.717) is 6.42 Å². The lowest BCUT2D eigenvalue weighted by Crippen LogP contribution is -2.18. The van der Waals surface area contributed by atoms with Gasteiger partial charge in [0.1, 0.15) is 6.17 Å². The lowest BCUT2D eigenvalue weighted by atomic mass is 9.96. The molecule has 0 saturated heterocycles. The van der Waals surface area contributed by atoms with Crippen LogP contribution in [0.3, 0.4) is 0 Å². The minimum Gasteiger partial charge on any atom is -0.393 e. The molecule has 10 heavy (non-hydrogen) atoms. The molecule has 0 heterocycles.